The van der Waals surface area contributed by atoms with Gasteiger partial charge in [-0.05, 0) is 36.3 Å². The van der Waals surface area contributed by atoms with E-state index in [1.54, 1.807) is 0 Å². The molecule has 0 saturated heterocycles. The van der Waals surface area contributed by atoms with E-state index in [0.717, 1.165) is 15.9 Å². The summed E-state index contributed by atoms with van der Waals surface area (Å²) in [5.74, 6) is 0.442. The number of hydrogen-bond donors (Lipinski definition) is 1. The van der Waals surface area contributed by atoms with Gasteiger partial charge in [-0.1, -0.05) is 23.8 Å². The molecule has 0 radical (unpaired) electrons. The van der Waals surface area contributed by atoms with Gasteiger partial charge in [0.2, 0.25) is 0 Å². The summed E-state index contributed by atoms with van der Waals surface area (Å²) in [5, 5.41) is 13.6. The predicted octanol–water partition coefficient (Wildman–Crippen LogP) is 1.41. The molecule has 0 aliphatic rings. The Morgan fingerprint density at radius 3 is 3.00 bits per heavy atom. The molecule has 7 nitrogen and oxygen atoms in total. The Labute approximate surface area is 116 Å². The Bertz CT molecular complexity index is 635. The molecule has 104 valence electrons. The second kappa shape index (κ2) is 5.96. The summed E-state index contributed by atoms with van der Waals surface area (Å²) >= 11 is 0. The van der Waals surface area contributed by atoms with Crippen LogP contribution in [0.1, 0.15) is 11.1 Å². The molecule has 0 aliphatic carbocycles. The topological polar surface area (TPSA) is 81.9 Å². The quantitative estimate of drug-likeness (QED) is 0.890. The molecule has 2 rings (SSSR count). The van der Waals surface area contributed by atoms with E-state index in [1.165, 1.54) is 6.20 Å². The molecule has 2 aromatic rings. The first-order chi connectivity index (χ1) is 9.60. The molecule has 1 aromatic heterocycles. The van der Waals surface area contributed by atoms with Gasteiger partial charge in [0, 0.05) is 6.20 Å². The molecule has 1 aromatic carbocycles. The maximum absolute atomic E-state index is 11.7. The van der Waals surface area contributed by atoms with Crippen molar-refractivity contribution in [2.24, 2.45) is 0 Å². The van der Waals surface area contributed by atoms with Crippen molar-refractivity contribution in [2.45, 2.75) is 13.8 Å². The van der Waals surface area contributed by atoms with Gasteiger partial charge in [0.1, 0.15) is 5.75 Å². The fourth-order valence-electron chi connectivity index (χ4n) is 1.54. The number of ether oxygens (including phenoxy) is 1. The van der Waals surface area contributed by atoms with E-state index < -0.39 is 0 Å². The summed E-state index contributed by atoms with van der Waals surface area (Å²) in [6, 6.07) is 5.69. The smallest absolute Gasteiger partial charge is 0.270 e. The minimum absolute atomic E-state index is 0.111. The zero-order valence-electron chi connectivity index (χ0n) is 11.3. The van der Waals surface area contributed by atoms with Crippen molar-refractivity contribution >= 4 is 18.1 Å². The van der Waals surface area contributed by atoms with Crippen LogP contribution in [0, 0.1) is 13.8 Å². The van der Waals surface area contributed by atoms with E-state index in [9.17, 15) is 4.79 Å². The lowest BCUT2D eigenvalue weighted by molar-refractivity contribution is -0.118. The maximum atomic E-state index is 11.7. The van der Waals surface area contributed by atoms with E-state index in [4.69, 9.17) is 4.74 Å². The van der Waals surface area contributed by atoms with Crippen LogP contribution in [-0.4, -0.2) is 32.7 Å². The largest absolute Gasteiger partial charge is 0.483 e. The van der Waals surface area contributed by atoms with Crippen LogP contribution in [0.2, 0.25) is 0 Å². The predicted molar refractivity (Wildman–Crippen MR) is 74.2 cm³/mol. The van der Waals surface area contributed by atoms with Crippen molar-refractivity contribution in [3.63, 3.8) is 0 Å². The minimum atomic E-state index is -0.352. The Morgan fingerprint density at radius 2 is 2.30 bits per heavy atom. The highest BCUT2D eigenvalue weighted by molar-refractivity contribution is 5.90. The monoisotopic (exact) mass is 273 g/mol. The van der Waals surface area contributed by atoms with Gasteiger partial charge in [-0.2, -0.15) is 0 Å². The Hall–Kier alpha value is -2.70. The summed E-state index contributed by atoms with van der Waals surface area (Å²) in [6.45, 7) is 7.29. The van der Waals surface area contributed by atoms with Crippen LogP contribution in [0.3, 0.4) is 0 Å². The molecule has 0 spiro atoms. The Morgan fingerprint density at radius 1 is 1.50 bits per heavy atom. The Kier molecular flexibility index (Phi) is 4.09. The molecule has 1 heterocycles. The maximum Gasteiger partial charge on any atom is 0.270 e. The van der Waals surface area contributed by atoms with Crippen LogP contribution in [0.5, 0.6) is 5.75 Å². The lowest BCUT2D eigenvalue weighted by Crippen LogP contribution is -2.21. The van der Waals surface area contributed by atoms with Gasteiger partial charge in [-0.15, -0.1) is 9.90 Å². The number of nitrogens with one attached hydrogen (secondary N) is 1. The van der Waals surface area contributed by atoms with Crippen molar-refractivity contribution in [1.82, 2.24) is 20.2 Å². The second-order valence-corrected chi connectivity index (χ2v) is 4.15. The third kappa shape index (κ3) is 3.19. The highest BCUT2D eigenvalue weighted by Gasteiger charge is 2.09. The van der Waals surface area contributed by atoms with Crippen molar-refractivity contribution in [3.8, 4) is 5.75 Å². The number of carbonyl (C=O) groups is 1. The summed E-state index contributed by atoms with van der Waals surface area (Å²) in [4.78, 5) is 12.9. The van der Waals surface area contributed by atoms with E-state index in [2.05, 4.69) is 27.3 Å². The molecule has 1 N–H and O–H groups in total. The van der Waals surface area contributed by atoms with Gasteiger partial charge in [-0.25, -0.2) is 0 Å². The van der Waals surface area contributed by atoms with E-state index in [-0.39, 0.29) is 18.5 Å². The second-order valence-electron chi connectivity index (χ2n) is 4.15. The molecular weight excluding hydrogens is 258 g/mol. The van der Waals surface area contributed by atoms with Gasteiger partial charge >= 0.3 is 0 Å². The number of benzene rings is 1. The van der Waals surface area contributed by atoms with Crippen LogP contribution >= 0.6 is 0 Å². The van der Waals surface area contributed by atoms with Crippen molar-refractivity contribution < 1.29 is 9.53 Å². The molecule has 1 amide bonds. The fourth-order valence-corrected chi connectivity index (χ4v) is 1.54. The molecule has 0 fully saturated rings. The number of rotatable bonds is 5. The lowest BCUT2D eigenvalue weighted by Gasteiger charge is -2.09. The zero-order valence-corrected chi connectivity index (χ0v) is 11.3. The van der Waals surface area contributed by atoms with Crippen LogP contribution in [0.4, 0.5) is 5.95 Å². The van der Waals surface area contributed by atoms with Crippen LogP contribution < -0.4 is 10.1 Å². The molecule has 0 aliphatic heterocycles. The van der Waals surface area contributed by atoms with Gasteiger partial charge in [-0.3, -0.25) is 10.1 Å². The fraction of sp³-hybridized carbons (Fsp3) is 0.231. The summed E-state index contributed by atoms with van der Waals surface area (Å²) in [6.07, 6.45) is 1.37. The standard InChI is InChI=1S/C13H15N5O2/c1-4-18-16-13(15-17-18)14-12(19)8-20-11-7-5-6-9(2)10(11)3/h4-7H,1,8H2,2-3H3,(H,14,16,19). The summed E-state index contributed by atoms with van der Waals surface area (Å²) in [5.41, 5.74) is 2.12. The lowest BCUT2D eigenvalue weighted by atomic mass is 10.1. The van der Waals surface area contributed by atoms with Crippen LogP contribution in [0.25, 0.3) is 6.20 Å². The zero-order chi connectivity index (χ0) is 14.5. The number of amides is 1. The summed E-state index contributed by atoms with van der Waals surface area (Å²) < 4.78 is 5.47. The third-order valence-corrected chi connectivity index (χ3v) is 2.76. The Balaban J connectivity index is 1.92. The first-order valence-electron chi connectivity index (χ1n) is 6.01. The number of anilines is 1. The third-order valence-electron chi connectivity index (χ3n) is 2.76. The van der Waals surface area contributed by atoms with E-state index in [0.29, 0.717) is 5.75 Å². The van der Waals surface area contributed by atoms with Crippen molar-refractivity contribution in [1.29, 1.82) is 0 Å². The number of tetrazole rings is 1. The molecule has 7 heteroatoms. The SMILES string of the molecule is C=Cn1nnc(NC(=O)COc2cccc(C)c2C)n1. The first-order valence-corrected chi connectivity index (χ1v) is 6.01. The molecule has 0 saturated carbocycles. The number of hydrogen-bond acceptors (Lipinski definition) is 5. The average molecular weight is 273 g/mol. The van der Waals surface area contributed by atoms with Gasteiger partial charge < -0.3 is 4.74 Å². The van der Waals surface area contributed by atoms with Crippen molar-refractivity contribution in [3.05, 3.63) is 35.9 Å². The van der Waals surface area contributed by atoms with Crippen LogP contribution in [0.15, 0.2) is 24.8 Å². The normalized spacial score (nSPS) is 10.1. The first kappa shape index (κ1) is 13.7. The molecule has 0 bridgehead atoms. The van der Waals surface area contributed by atoms with Gasteiger partial charge in [0.15, 0.2) is 6.61 Å². The van der Waals surface area contributed by atoms with Crippen LogP contribution in [-0.2, 0) is 4.79 Å². The highest BCUT2D eigenvalue weighted by Crippen LogP contribution is 2.20. The van der Waals surface area contributed by atoms with E-state index in [1.807, 2.05) is 32.0 Å². The molecule has 0 atom stereocenters. The number of aryl methyl sites for hydroxylation is 1. The van der Waals surface area contributed by atoms with Crippen molar-refractivity contribution in [2.75, 3.05) is 11.9 Å². The number of aromatic nitrogens is 4. The summed E-state index contributed by atoms with van der Waals surface area (Å²) in [7, 11) is 0. The van der Waals surface area contributed by atoms with Gasteiger partial charge in [0.25, 0.3) is 11.9 Å². The molecule has 20 heavy (non-hydrogen) atoms. The minimum Gasteiger partial charge on any atom is -0.483 e. The number of nitrogens with zero attached hydrogens (tertiary/aromatic N) is 4. The number of carbonyl (C=O) groups excluding carboxylic acids is 1. The molecular formula is C13H15N5O2. The molecule has 0 unspecified atom stereocenters. The highest BCUT2D eigenvalue weighted by atomic mass is 16.5. The van der Waals surface area contributed by atoms with E-state index >= 15 is 0 Å². The van der Waals surface area contributed by atoms with Gasteiger partial charge in [0.05, 0.1) is 0 Å². The average Bonchev–Trinajstić information content (AvgIpc) is 2.88.